The number of rotatable bonds is 6. The summed E-state index contributed by atoms with van der Waals surface area (Å²) in [5.41, 5.74) is 2.52. The minimum absolute atomic E-state index is 0.0587. The average molecular weight is 649 g/mol. The summed E-state index contributed by atoms with van der Waals surface area (Å²) in [6, 6.07) is 31.7. The van der Waals surface area contributed by atoms with Crippen molar-refractivity contribution in [1.29, 1.82) is 0 Å². The number of aromatic carboxylic acids is 4. The molecule has 0 aliphatic carbocycles. The molecule has 0 radical (unpaired) electrons. The van der Waals surface area contributed by atoms with E-state index in [9.17, 15) is 39.6 Å². The first-order chi connectivity index (χ1) is 23.7. The number of carboxylic acid groups (broad SMARTS) is 4. The fourth-order valence-corrected chi connectivity index (χ4v) is 6.42. The van der Waals surface area contributed by atoms with Crippen molar-refractivity contribution in [3.8, 4) is 22.6 Å². The van der Waals surface area contributed by atoms with Gasteiger partial charge in [0.05, 0.1) is 27.9 Å². The normalized spacial score (nSPS) is 11.1. The maximum atomic E-state index is 11.9. The van der Waals surface area contributed by atoms with Crippen molar-refractivity contribution >= 4 is 67.0 Å². The van der Waals surface area contributed by atoms with E-state index in [2.05, 4.69) is 22.1 Å². The maximum Gasteiger partial charge on any atom is 0.336 e. The summed E-state index contributed by atoms with van der Waals surface area (Å²) >= 11 is 0. The molecule has 0 aliphatic rings. The first kappa shape index (κ1) is 30.6. The third-order valence-corrected chi connectivity index (χ3v) is 8.52. The monoisotopic (exact) mass is 648 g/mol. The SMILES string of the molecule is O=C(O)c1ccc2c3ccc(C(=O)O)c4c(C(=O)O)ccc(c5ccc(C(=O)O)c1c25)c43.c1ccc(-c2c[nH]c(-c3ccccc3)n2)cc1. The summed E-state index contributed by atoms with van der Waals surface area (Å²) in [7, 11) is 0. The Balaban J connectivity index is 0.000000186. The molecule has 49 heavy (non-hydrogen) atoms. The molecule has 5 N–H and O–H groups in total. The van der Waals surface area contributed by atoms with E-state index in [0.717, 1.165) is 22.6 Å². The zero-order chi connectivity index (χ0) is 34.4. The Kier molecular flexibility index (Phi) is 7.45. The van der Waals surface area contributed by atoms with E-state index in [4.69, 9.17) is 0 Å². The topological polar surface area (TPSA) is 178 Å². The number of aromatic amines is 1. The van der Waals surface area contributed by atoms with Gasteiger partial charge in [-0.05, 0) is 56.6 Å². The van der Waals surface area contributed by atoms with Crippen molar-refractivity contribution in [2.24, 2.45) is 0 Å². The lowest BCUT2D eigenvalue weighted by atomic mass is 9.84. The number of fused-ring (bicyclic) bond motifs is 2. The van der Waals surface area contributed by atoms with Gasteiger partial charge in [-0.3, -0.25) is 0 Å². The van der Waals surface area contributed by atoms with Gasteiger partial charge >= 0.3 is 23.9 Å². The zero-order valence-electron chi connectivity index (χ0n) is 25.3. The van der Waals surface area contributed by atoms with E-state index in [1.54, 1.807) is 0 Å². The molecular weight excluding hydrogens is 624 g/mol. The fraction of sp³-hybridized carbons (Fsp3) is 0. The molecule has 10 heteroatoms. The van der Waals surface area contributed by atoms with Crippen LogP contribution in [0.15, 0.2) is 115 Å². The predicted molar refractivity (Wildman–Crippen MR) is 185 cm³/mol. The van der Waals surface area contributed by atoms with Crippen molar-refractivity contribution in [2.75, 3.05) is 0 Å². The lowest BCUT2D eigenvalue weighted by Crippen LogP contribution is -2.07. The van der Waals surface area contributed by atoms with Gasteiger partial charge in [0.2, 0.25) is 0 Å². The second-order valence-corrected chi connectivity index (χ2v) is 11.2. The summed E-state index contributed by atoms with van der Waals surface area (Å²) in [4.78, 5) is 55.3. The van der Waals surface area contributed by atoms with Crippen LogP contribution >= 0.6 is 0 Å². The Labute approximate surface area is 276 Å². The molecule has 0 unspecified atom stereocenters. The minimum atomic E-state index is -1.28. The highest BCUT2D eigenvalue weighted by Gasteiger charge is 2.25. The van der Waals surface area contributed by atoms with Gasteiger partial charge < -0.3 is 25.4 Å². The van der Waals surface area contributed by atoms with Crippen LogP contribution in [0.4, 0.5) is 0 Å². The minimum Gasteiger partial charge on any atom is -0.478 e. The molecule has 0 saturated heterocycles. The summed E-state index contributed by atoms with van der Waals surface area (Å²) in [6.07, 6.45) is 1.94. The van der Waals surface area contributed by atoms with E-state index in [0.29, 0.717) is 32.3 Å². The van der Waals surface area contributed by atoms with Crippen LogP contribution < -0.4 is 0 Å². The Bertz CT molecular complexity index is 2320. The second-order valence-electron chi connectivity index (χ2n) is 11.2. The second kappa shape index (κ2) is 11.9. The lowest BCUT2D eigenvalue weighted by Gasteiger charge is -2.18. The Morgan fingerprint density at radius 1 is 0.429 bits per heavy atom. The van der Waals surface area contributed by atoms with Crippen LogP contribution in [-0.4, -0.2) is 54.3 Å². The van der Waals surface area contributed by atoms with Crippen LogP contribution in [0.1, 0.15) is 41.4 Å². The predicted octanol–water partition coefficient (Wildman–Crippen LogP) is 8.27. The van der Waals surface area contributed by atoms with Gasteiger partial charge in [-0.15, -0.1) is 0 Å². The molecule has 0 bridgehead atoms. The van der Waals surface area contributed by atoms with Crippen LogP contribution in [0.2, 0.25) is 0 Å². The van der Waals surface area contributed by atoms with Crippen molar-refractivity contribution in [3.05, 3.63) is 138 Å². The number of hydrogen-bond donors (Lipinski definition) is 5. The number of carboxylic acids is 4. The Morgan fingerprint density at radius 3 is 1.12 bits per heavy atom. The zero-order valence-corrected chi connectivity index (χ0v) is 25.3. The summed E-state index contributed by atoms with van der Waals surface area (Å²) in [5, 5.41) is 41.7. The number of carbonyl (C=O) groups is 4. The van der Waals surface area contributed by atoms with E-state index >= 15 is 0 Å². The molecule has 238 valence electrons. The lowest BCUT2D eigenvalue weighted by molar-refractivity contribution is 0.0681. The van der Waals surface area contributed by atoms with Crippen LogP contribution in [0, 0.1) is 0 Å². The van der Waals surface area contributed by atoms with Gasteiger partial charge in [0.25, 0.3) is 0 Å². The van der Waals surface area contributed by atoms with Crippen molar-refractivity contribution in [1.82, 2.24) is 9.97 Å². The third-order valence-electron chi connectivity index (χ3n) is 8.52. The summed E-state index contributed by atoms with van der Waals surface area (Å²) in [5.74, 6) is -4.22. The number of H-pyrrole nitrogens is 1. The molecule has 7 aromatic carbocycles. The number of benzene rings is 7. The molecule has 0 saturated carbocycles. The maximum absolute atomic E-state index is 11.9. The molecule has 8 aromatic rings. The molecule has 1 aromatic heterocycles. The van der Waals surface area contributed by atoms with Gasteiger partial charge in [0.1, 0.15) is 5.82 Å². The number of imidazole rings is 1. The van der Waals surface area contributed by atoms with E-state index < -0.39 is 23.9 Å². The third kappa shape index (κ3) is 5.13. The molecular formula is C39H24N2O8. The van der Waals surface area contributed by atoms with Crippen LogP contribution in [0.25, 0.3) is 65.7 Å². The standard InChI is InChI=1S/C24H12O8.C15H12N2/c25-21(26)13-5-1-9-10-2-6-15(23(29)30)20-16(24(31)32)8-4-12(18(10)20)11-3-7-14(22(27)28)19(13)17(9)11;1-3-7-12(8-4-1)14-11-16-15(17-14)13-9-5-2-6-10-13/h1-8H,(H,25,26)(H,27,28)(H,29,30)(H,31,32);1-11H,(H,16,17). The first-order valence-electron chi connectivity index (χ1n) is 14.9. The average Bonchev–Trinajstić information content (AvgIpc) is 3.61. The molecule has 0 aliphatic heterocycles. The molecule has 0 fully saturated rings. The fourth-order valence-electron chi connectivity index (χ4n) is 6.42. The van der Waals surface area contributed by atoms with Crippen molar-refractivity contribution < 1.29 is 39.6 Å². The van der Waals surface area contributed by atoms with Crippen molar-refractivity contribution in [3.63, 3.8) is 0 Å². The molecule has 1 heterocycles. The summed E-state index contributed by atoms with van der Waals surface area (Å²) < 4.78 is 0. The number of nitrogens with zero attached hydrogens (tertiary/aromatic N) is 1. The molecule has 0 spiro atoms. The highest BCUT2D eigenvalue weighted by atomic mass is 16.4. The Morgan fingerprint density at radius 2 is 0.776 bits per heavy atom. The highest BCUT2D eigenvalue weighted by molar-refractivity contribution is 6.38. The Hall–Kier alpha value is -7.07. The van der Waals surface area contributed by atoms with Crippen LogP contribution in [-0.2, 0) is 0 Å². The smallest absolute Gasteiger partial charge is 0.336 e. The van der Waals surface area contributed by atoms with Gasteiger partial charge in [0, 0.05) is 28.1 Å². The molecule has 8 rings (SSSR count). The van der Waals surface area contributed by atoms with Crippen LogP contribution in [0.5, 0.6) is 0 Å². The van der Waals surface area contributed by atoms with Gasteiger partial charge in [-0.1, -0.05) is 84.9 Å². The van der Waals surface area contributed by atoms with Gasteiger partial charge in [0.15, 0.2) is 0 Å². The molecule has 0 atom stereocenters. The number of nitrogens with one attached hydrogen (secondary N) is 1. The van der Waals surface area contributed by atoms with E-state index in [1.165, 1.54) is 48.5 Å². The molecule has 0 amide bonds. The largest absolute Gasteiger partial charge is 0.478 e. The highest BCUT2D eigenvalue weighted by Crippen LogP contribution is 2.44. The van der Waals surface area contributed by atoms with Gasteiger partial charge in [-0.25, -0.2) is 24.2 Å². The number of hydrogen-bond acceptors (Lipinski definition) is 5. The quantitative estimate of drug-likeness (QED) is 0.0876. The summed E-state index contributed by atoms with van der Waals surface area (Å²) in [6.45, 7) is 0. The van der Waals surface area contributed by atoms with Gasteiger partial charge in [-0.2, -0.15) is 0 Å². The van der Waals surface area contributed by atoms with Crippen molar-refractivity contribution in [2.45, 2.75) is 0 Å². The van der Waals surface area contributed by atoms with Crippen LogP contribution in [0.3, 0.4) is 0 Å². The molecule has 10 nitrogen and oxygen atoms in total. The van der Waals surface area contributed by atoms with E-state index in [-0.39, 0.29) is 33.0 Å². The number of aromatic nitrogens is 2. The first-order valence-corrected chi connectivity index (χ1v) is 14.9. The van der Waals surface area contributed by atoms with E-state index in [1.807, 2.05) is 54.7 Å².